The molecule has 2 aliphatic rings. The number of anilines is 1. The zero-order chi connectivity index (χ0) is 19.2. The minimum atomic E-state index is 0.134. The molecule has 1 N–H and O–H groups in total. The van der Waals surface area contributed by atoms with Crippen LogP contribution in [0, 0.1) is 5.92 Å². The van der Waals surface area contributed by atoms with Crippen molar-refractivity contribution in [2.75, 3.05) is 18.0 Å². The molecule has 28 heavy (non-hydrogen) atoms. The third-order valence-electron chi connectivity index (χ3n) is 6.11. The van der Waals surface area contributed by atoms with E-state index in [1.807, 2.05) is 18.2 Å². The molecule has 0 unspecified atom stereocenters. The summed E-state index contributed by atoms with van der Waals surface area (Å²) in [6.45, 7) is 1.74. The molecule has 1 aromatic heterocycles. The molecule has 4 rings (SSSR count). The maximum absolute atomic E-state index is 12.7. The lowest BCUT2D eigenvalue weighted by molar-refractivity contribution is -0.126. The molecule has 1 aliphatic heterocycles. The lowest BCUT2D eigenvalue weighted by atomic mass is 9.95. The number of nitrogens with one attached hydrogen (secondary N) is 1. The normalized spacial score (nSPS) is 19.2. The average molecular weight is 379 g/mol. The minimum Gasteiger partial charge on any atom is -0.356 e. The van der Waals surface area contributed by atoms with Gasteiger partial charge in [-0.15, -0.1) is 0 Å². The number of amides is 1. The molecule has 2 fully saturated rings. The summed E-state index contributed by atoms with van der Waals surface area (Å²) in [4.78, 5) is 23.9. The highest BCUT2D eigenvalue weighted by Crippen LogP contribution is 2.26. The molecule has 5 nitrogen and oxygen atoms in total. The minimum absolute atomic E-state index is 0.134. The molecule has 5 heteroatoms. The molecule has 1 amide bonds. The fourth-order valence-corrected chi connectivity index (χ4v) is 4.40. The van der Waals surface area contributed by atoms with Crippen LogP contribution < -0.4 is 10.2 Å². The summed E-state index contributed by atoms with van der Waals surface area (Å²) in [5.41, 5.74) is 2.04. The van der Waals surface area contributed by atoms with E-state index in [1.54, 1.807) is 6.33 Å². The first-order valence-corrected chi connectivity index (χ1v) is 10.7. The maximum Gasteiger partial charge on any atom is 0.223 e. The van der Waals surface area contributed by atoms with Gasteiger partial charge >= 0.3 is 0 Å². The van der Waals surface area contributed by atoms with E-state index in [1.165, 1.54) is 25.7 Å². The Kier molecular flexibility index (Phi) is 6.20. The van der Waals surface area contributed by atoms with Gasteiger partial charge in [0.2, 0.25) is 5.91 Å². The predicted molar refractivity (Wildman–Crippen MR) is 112 cm³/mol. The van der Waals surface area contributed by atoms with Crippen LogP contribution in [0.2, 0.25) is 0 Å². The molecule has 0 spiro atoms. The number of nitrogens with zero attached hydrogens (tertiary/aromatic N) is 3. The standard InChI is InChI=1S/C23H30N4O/c28-23(26-20-10-6-1-2-7-11-20)19-12-14-27(15-13-19)22-16-21(24-17-25-22)18-8-4-3-5-9-18/h3-5,8-9,16-17,19-20H,1-2,6-7,10-15H2,(H,26,28). The molecule has 148 valence electrons. The summed E-state index contributed by atoms with van der Waals surface area (Å²) in [6.07, 6.45) is 10.8. The monoisotopic (exact) mass is 378 g/mol. The number of aromatic nitrogens is 2. The fraction of sp³-hybridized carbons (Fsp3) is 0.522. The van der Waals surface area contributed by atoms with E-state index in [0.29, 0.717) is 6.04 Å². The van der Waals surface area contributed by atoms with Crippen LogP contribution in [-0.2, 0) is 4.79 Å². The Hall–Kier alpha value is -2.43. The van der Waals surface area contributed by atoms with Crippen molar-refractivity contribution in [1.29, 1.82) is 0 Å². The number of piperidine rings is 1. The van der Waals surface area contributed by atoms with E-state index in [9.17, 15) is 4.79 Å². The first kappa shape index (κ1) is 18.9. The quantitative estimate of drug-likeness (QED) is 0.810. The molecule has 0 bridgehead atoms. The van der Waals surface area contributed by atoms with Gasteiger partial charge in [0.05, 0.1) is 5.69 Å². The van der Waals surface area contributed by atoms with Gasteiger partial charge in [-0.1, -0.05) is 56.0 Å². The van der Waals surface area contributed by atoms with Gasteiger partial charge in [0.15, 0.2) is 0 Å². The van der Waals surface area contributed by atoms with Crippen LogP contribution in [0.1, 0.15) is 51.4 Å². The zero-order valence-electron chi connectivity index (χ0n) is 16.5. The molecule has 1 aromatic carbocycles. The fourth-order valence-electron chi connectivity index (χ4n) is 4.40. The first-order valence-electron chi connectivity index (χ1n) is 10.7. The Morgan fingerprint density at radius 1 is 0.929 bits per heavy atom. The molecular weight excluding hydrogens is 348 g/mol. The van der Waals surface area contributed by atoms with Crippen LogP contribution >= 0.6 is 0 Å². The summed E-state index contributed by atoms with van der Waals surface area (Å²) in [5, 5.41) is 3.33. The highest BCUT2D eigenvalue weighted by molar-refractivity contribution is 5.79. The van der Waals surface area contributed by atoms with Crippen LogP contribution in [0.4, 0.5) is 5.82 Å². The summed E-state index contributed by atoms with van der Waals surface area (Å²) in [5.74, 6) is 1.35. The van der Waals surface area contributed by atoms with Crippen LogP contribution in [-0.4, -0.2) is 35.0 Å². The van der Waals surface area contributed by atoms with E-state index < -0.39 is 0 Å². The Labute approximate surface area is 167 Å². The highest BCUT2D eigenvalue weighted by Gasteiger charge is 2.27. The van der Waals surface area contributed by atoms with Crippen LogP contribution in [0.25, 0.3) is 11.3 Å². The molecule has 0 radical (unpaired) electrons. The number of hydrogen-bond acceptors (Lipinski definition) is 4. The number of benzene rings is 1. The van der Waals surface area contributed by atoms with Crippen LogP contribution in [0.3, 0.4) is 0 Å². The largest absolute Gasteiger partial charge is 0.356 e. The molecule has 2 heterocycles. The van der Waals surface area contributed by atoms with Crippen molar-refractivity contribution in [2.24, 2.45) is 5.92 Å². The number of hydrogen-bond donors (Lipinski definition) is 1. The Balaban J connectivity index is 1.33. The van der Waals surface area contributed by atoms with E-state index in [0.717, 1.165) is 55.8 Å². The van der Waals surface area contributed by atoms with Crippen molar-refractivity contribution >= 4 is 11.7 Å². The van der Waals surface area contributed by atoms with E-state index in [2.05, 4.69) is 38.4 Å². The summed E-state index contributed by atoms with van der Waals surface area (Å²) in [7, 11) is 0. The number of carbonyl (C=O) groups excluding carboxylic acids is 1. The molecule has 0 atom stereocenters. The van der Waals surface area contributed by atoms with Gasteiger partial charge in [0, 0.05) is 36.7 Å². The topological polar surface area (TPSA) is 58.1 Å². The van der Waals surface area contributed by atoms with Crippen molar-refractivity contribution < 1.29 is 4.79 Å². The SMILES string of the molecule is O=C(NC1CCCCCC1)C1CCN(c2cc(-c3ccccc3)ncn2)CC1. The second-order valence-corrected chi connectivity index (χ2v) is 8.09. The Bertz CT molecular complexity index is 763. The van der Waals surface area contributed by atoms with Gasteiger partial charge in [-0.2, -0.15) is 0 Å². The first-order chi connectivity index (χ1) is 13.8. The van der Waals surface area contributed by atoms with Crippen molar-refractivity contribution in [2.45, 2.75) is 57.4 Å². The second-order valence-electron chi connectivity index (χ2n) is 8.09. The van der Waals surface area contributed by atoms with Gasteiger partial charge in [-0.25, -0.2) is 9.97 Å². The molecule has 1 saturated carbocycles. The van der Waals surface area contributed by atoms with Crippen molar-refractivity contribution in [3.05, 3.63) is 42.7 Å². The summed E-state index contributed by atoms with van der Waals surface area (Å²) < 4.78 is 0. The average Bonchev–Trinajstić information content (AvgIpc) is 3.03. The van der Waals surface area contributed by atoms with Gasteiger partial charge in [0.1, 0.15) is 12.1 Å². The van der Waals surface area contributed by atoms with Crippen LogP contribution in [0.15, 0.2) is 42.7 Å². The predicted octanol–water partition coefficient (Wildman–Crippen LogP) is 4.20. The van der Waals surface area contributed by atoms with Crippen molar-refractivity contribution in [3.63, 3.8) is 0 Å². The molecule has 1 saturated heterocycles. The van der Waals surface area contributed by atoms with Crippen LogP contribution in [0.5, 0.6) is 0 Å². The molecule has 2 aromatic rings. The Morgan fingerprint density at radius 2 is 1.64 bits per heavy atom. The lowest BCUT2D eigenvalue weighted by Gasteiger charge is -2.33. The van der Waals surface area contributed by atoms with E-state index >= 15 is 0 Å². The zero-order valence-corrected chi connectivity index (χ0v) is 16.5. The highest BCUT2D eigenvalue weighted by atomic mass is 16.1. The second kappa shape index (κ2) is 9.18. The number of rotatable bonds is 4. The van der Waals surface area contributed by atoms with E-state index in [4.69, 9.17) is 0 Å². The van der Waals surface area contributed by atoms with Crippen molar-refractivity contribution in [1.82, 2.24) is 15.3 Å². The third-order valence-corrected chi connectivity index (χ3v) is 6.11. The molecular formula is C23H30N4O. The maximum atomic E-state index is 12.7. The van der Waals surface area contributed by atoms with Gasteiger partial charge in [0.25, 0.3) is 0 Å². The third kappa shape index (κ3) is 4.70. The smallest absolute Gasteiger partial charge is 0.223 e. The van der Waals surface area contributed by atoms with Gasteiger partial charge in [-0.3, -0.25) is 4.79 Å². The summed E-state index contributed by atoms with van der Waals surface area (Å²) >= 11 is 0. The van der Waals surface area contributed by atoms with E-state index in [-0.39, 0.29) is 11.8 Å². The summed E-state index contributed by atoms with van der Waals surface area (Å²) in [6, 6.07) is 12.6. The van der Waals surface area contributed by atoms with Gasteiger partial charge in [-0.05, 0) is 25.7 Å². The van der Waals surface area contributed by atoms with Crippen molar-refractivity contribution in [3.8, 4) is 11.3 Å². The lowest BCUT2D eigenvalue weighted by Crippen LogP contribution is -2.44. The Morgan fingerprint density at radius 3 is 2.36 bits per heavy atom. The number of carbonyl (C=O) groups is 1. The van der Waals surface area contributed by atoms with Gasteiger partial charge < -0.3 is 10.2 Å². The molecule has 1 aliphatic carbocycles.